The number of carbonyl (C=O) groups excluding carboxylic acids is 3. The van der Waals surface area contributed by atoms with Crippen molar-refractivity contribution in [2.45, 2.75) is 75.7 Å². The van der Waals surface area contributed by atoms with Crippen molar-refractivity contribution in [2.24, 2.45) is 0 Å². The van der Waals surface area contributed by atoms with Crippen molar-refractivity contribution in [3.05, 3.63) is 125 Å². The number of carbonyl (C=O) groups is 3. The fourth-order valence-corrected chi connectivity index (χ4v) is 7.94. The molecule has 7 rings (SSSR count). The summed E-state index contributed by atoms with van der Waals surface area (Å²) in [6, 6.07) is 34.2. The van der Waals surface area contributed by atoms with Gasteiger partial charge in [-0.2, -0.15) is 0 Å². The van der Waals surface area contributed by atoms with Crippen LogP contribution in [-0.2, 0) is 37.0 Å². The quantitative estimate of drug-likeness (QED) is 0.0928. The molecule has 4 aromatic rings. The molecule has 0 unspecified atom stereocenters. The molecule has 0 saturated carbocycles. The van der Waals surface area contributed by atoms with Gasteiger partial charge in [-0.3, -0.25) is 19.6 Å². The minimum absolute atomic E-state index is 0.0256. The highest BCUT2D eigenvalue weighted by atomic mass is 16.7. The molecule has 55 heavy (non-hydrogen) atoms. The molecule has 1 spiro atoms. The first kappa shape index (κ1) is 38.2. The number of hydroxylamine groups is 1. The fraction of sp³-hybridized carbons (Fsp3) is 0.372. The maximum Gasteiger partial charge on any atom is 0.247 e. The lowest BCUT2D eigenvalue weighted by atomic mass is 9.85. The Balaban J connectivity index is 1.04. The summed E-state index contributed by atoms with van der Waals surface area (Å²) in [5.74, 6) is -0.578. The molecule has 0 aliphatic carbocycles. The van der Waals surface area contributed by atoms with Gasteiger partial charge >= 0.3 is 0 Å². The summed E-state index contributed by atoms with van der Waals surface area (Å²) in [6.07, 6.45) is 1.73. The Morgan fingerprint density at radius 2 is 1.55 bits per heavy atom. The molecular formula is C43H49N5O7. The van der Waals surface area contributed by atoms with Crippen molar-refractivity contribution in [1.29, 1.82) is 0 Å². The van der Waals surface area contributed by atoms with Crippen LogP contribution in [0.3, 0.4) is 0 Å². The van der Waals surface area contributed by atoms with E-state index >= 15 is 0 Å². The molecule has 4 aromatic carbocycles. The lowest BCUT2D eigenvalue weighted by Gasteiger charge is -2.45. The van der Waals surface area contributed by atoms with Crippen LogP contribution in [0.4, 0.5) is 5.69 Å². The summed E-state index contributed by atoms with van der Waals surface area (Å²) in [4.78, 5) is 41.5. The van der Waals surface area contributed by atoms with E-state index in [4.69, 9.17) is 14.7 Å². The van der Waals surface area contributed by atoms with Gasteiger partial charge in [0.15, 0.2) is 6.29 Å². The number of benzene rings is 4. The number of rotatable bonds is 13. The highest BCUT2D eigenvalue weighted by Crippen LogP contribution is 2.41. The van der Waals surface area contributed by atoms with E-state index in [1.54, 1.807) is 5.48 Å². The minimum Gasteiger partial charge on any atom is -0.392 e. The van der Waals surface area contributed by atoms with Crippen molar-refractivity contribution in [3.8, 4) is 11.1 Å². The zero-order valence-corrected chi connectivity index (χ0v) is 30.9. The maximum atomic E-state index is 13.3. The third-order valence-electron chi connectivity index (χ3n) is 11.0. The van der Waals surface area contributed by atoms with Crippen molar-refractivity contribution in [1.82, 2.24) is 21.0 Å². The highest BCUT2D eigenvalue weighted by Gasteiger charge is 2.50. The summed E-state index contributed by atoms with van der Waals surface area (Å²) >= 11 is 0. The summed E-state index contributed by atoms with van der Waals surface area (Å²) in [5, 5.41) is 24.3. The van der Waals surface area contributed by atoms with E-state index in [0.29, 0.717) is 32.6 Å². The average Bonchev–Trinajstić information content (AvgIpc) is 3.55. The summed E-state index contributed by atoms with van der Waals surface area (Å²) in [5.41, 5.74) is 7.74. The maximum absolute atomic E-state index is 13.3. The smallest absolute Gasteiger partial charge is 0.247 e. The number of ether oxygens (including phenoxy) is 2. The van der Waals surface area contributed by atoms with Gasteiger partial charge in [-0.05, 0) is 71.3 Å². The number of amides is 3. The van der Waals surface area contributed by atoms with Crippen LogP contribution < -0.4 is 21.0 Å². The van der Waals surface area contributed by atoms with E-state index in [2.05, 4.69) is 38.6 Å². The lowest BCUT2D eigenvalue weighted by Crippen LogP contribution is -2.57. The third-order valence-corrected chi connectivity index (χ3v) is 11.0. The number of aliphatic hydroxyl groups excluding tert-OH is 1. The van der Waals surface area contributed by atoms with Crippen molar-refractivity contribution in [2.75, 3.05) is 31.2 Å². The summed E-state index contributed by atoms with van der Waals surface area (Å²) in [7, 11) is 0. The van der Waals surface area contributed by atoms with E-state index in [1.807, 2.05) is 84.9 Å². The molecule has 3 atom stereocenters. The van der Waals surface area contributed by atoms with Crippen molar-refractivity contribution >= 4 is 23.4 Å². The first-order valence-electron chi connectivity index (χ1n) is 19.1. The van der Waals surface area contributed by atoms with Crippen LogP contribution in [0.25, 0.3) is 11.1 Å². The molecule has 12 nitrogen and oxygen atoms in total. The minimum atomic E-state index is -0.623. The number of para-hydroxylation sites is 1. The van der Waals surface area contributed by atoms with Gasteiger partial charge < -0.3 is 35.0 Å². The van der Waals surface area contributed by atoms with Crippen LogP contribution >= 0.6 is 0 Å². The molecule has 0 radical (unpaired) electrons. The first-order valence-corrected chi connectivity index (χ1v) is 19.1. The molecule has 3 fully saturated rings. The van der Waals surface area contributed by atoms with Crippen LogP contribution in [0.5, 0.6) is 0 Å². The Bertz CT molecular complexity index is 1930. The van der Waals surface area contributed by atoms with Crippen LogP contribution in [0.15, 0.2) is 103 Å². The number of anilines is 1. The van der Waals surface area contributed by atoms with Gasteiger partial charge in [0.1, 0.15) is 5.54 Å². The molecule has 3 aliphatic heterocycles. The van der Waals surface area contributed by atoms with Crippen LogP contribution in [-0.4, -0.2) is 70.9 Å². The summed E-state index contributed by atoms with van der Waals surface area (Å²) in [6.45, 7) is 3.08. The average molecular weight is 748 g/mol. The zero-order chi connectivity index (χ0) is 38.2. The Labute approximate surface area is 321 Å². The topological polar surface area (TPSA) is 153 Å². The summed E-state index contributed by atoms with van der Waals surface area (Å²) < 4.78 is 13.4. The van der Waals surface area contributed by atoms with Gasteiger partial charge in [0.05, 0.1) is 25.5 Å². The second-order valence-electron chi connectivity index (χ2n) is 14.6. The first-order chi connectivity index (χ1) is 26.8. The lowest BCUT2D eigenvalue weighted by molar-refractivity contribution is -0.253. The Morgan fingerprint density at radius 3 is 2.29 bits per heavy atom. The monoisotopic (exact) mass is 747 g/mol. The number of likely N-dealkylation sites (tertiary alicyclic amines) is 1. The van der Waals surface area contributed by atoms with Gasteiger partial charge in [-0.25, -0.2) is 5.48 Å². The number of nitrogens with zero attached hydrogens (tertiary/aromatic N) is 2. The Kier molecular flexibility index (Phi) is 12.2. The van der Waals surface area contributed by atoms with E-state index in [-0.39, 0.29) is 43.5 Å². The van der Waals surface area contributed by atoms with Crippen molar-refractivity contribution < 1.29 is 34.2 Å². The van der Waals surface area contributed by atoms with Gasteiger partial charge in [0, 0.05) is 56.7 Å². The molecule has 12 heteroatoms. The molecule has 3 heterocycles. The standard InChI is InChI=1S/C43H49N5O7/c49-28-30-15-17-32(18-16-30)38-25-37(27-47-21-19-43(20-22-47)42(52)45-29-48(43)36-11-2-1-3-12-36)54-41(55-38)35-10-5-9-34(24-35)33-8-4-7-31(23-33)26-44-39(50)13-6-14-40(51)46-53/h1-5,7-12,15-18,23-24,37-38,41,49,53H,6,13-14,19-22,25-29H2,(H,44,50)(H,45,52)(H,46,51)/t37-,38+,41+/m1/s1. The molecule has 288 valence electrons. The molecule has 5 N–H and O–H groups in total. The van der Waals surface area contributed by atoms with Gasteiger partial charge in [0.25, 0.3) is 0 Å². The number of hydrogen-bond acceptors (Lipinski definition) is 9. The van der Waals surface area contributed by atoms with Crippen molar-refractivity contribution in [3.63, 3.8) is 0 Å². The molecule has 0 bridgehead atoms. The number of piperidine rings is 1. The van der Waals surface area contributed by atoms with E-state index in [1.165, 1.54) is 0 Å². The number of hydrogen-bond donors (Lipinski definition) is 5. The van der Waals surface area contributed by atoms with E-state index in [0.717, 1.165) is 65.0 Å². The molecule has 3 amide bonds. The van der Waals surface area contributed by atoms with Crippen LogP contribution in [0.2, 0.25) is 0 Å². The predicted octanol–water partition coefficient (Wildman–Crippen LogP) is 5.11. The number of aliphatic hydroxyl groups is 1. The van der Waals surface area contributed by atoms with Gasteiger partial charge in [-0.1, -0.05) is 78.9 Å². The zero-order valence-electron chi connectivity index (χ0n) is 30.9. The SMILES string of the molecule is O=C(CCCC(=O)NCc1cccc(-c2cccc([C@H]3O[C@@H](CN4CCC5(CC4)C(=O)NCN5c4ccccc4)C[C@@H](c4ccc(CO)cc4)O3)c2)c1)NO. The van der Waals surface area contributed by atoms with Crippen LogP contribution in [0, 0.1) is 0 Å². The Hall–Kier alpha value is -5.11. The molecule has 0 aromatic heterocycles. The fourth-order valence-electron chi connectivity index (χ4n) is 7.94. The molecular weight excluding hydrogens is 699 g/mol. The third kappa shape index (κ3) is 9.07. The van der Waals surface area contributed by atoms with Gasteiger partial charge in [0.2, 0.25) is 17.7 Å². The van der Waals surface area contributed by atoms with Gasteiger partial charge in [-0.15, -0.1) is 0 Å². The van der Waals surface area contributed by atoms with Crippen LogP contribution in [0.1, 0.15) is 73.2 Å². The van der Waals surface area contributed by atoms with E-state index < -0.39 is 17.7 Å². The normalized spacial score (nSPS) is 20.9. The molecule has 3 aliphatic rings. The highest BCUT2D eigenvalue weighted by molar-refractivity contribution is 5.93. The Morgan fingerprint density at radius 1 is 0.818 bits per heavy atom. The number of nitrogens with one attached hydrogen (secondary N) is 3. The largest absolute Gasteiger partial charge is 0.392 e. The second kappa shape index (κ2) is 17.6. The molecule has 3 saturated heterocycles. The second-order valence-corrected chi connectivity index (χ2v) is 14.6. The van der Waals surface area contributed by atoms with E-state index in [9.17, 15) is 19.5 Å². The predicted molar refractivity (Wildman–Crippen MR) is 206 cm³/mol.